The van der Waals surface area contributed by atoms with Gasteiger partial charge in [0.25, 0.3) is 0 Å². The number of hydrogen-bond acceptors (Lipinski definition) is 2. The van der Waals surface area contributed by atoms with Crippen molar-refractivity contribution in [3.63, 3.8) is 0 Å². The lowest BCUT2D eigenvalue weighted by molar-refractivity contribution is 0.218. The van der Waals surface area contributed by atoms with Gasteiger partial charge in [-0.2, -0.15) is 0 Å². The molecule has 0 saturated heterocycles. The molecule has 0 amide bonds. The molecular formula is C13H12ClFOS. The second kappa shape index (κ2) is 4.77. The summed E-state index contributed by atoms with van der Waals surface area (Å²) in [5, 5.41) is 12.5. The molecule has 2 rings (SSSR count). The number of aryl methyl sites for hydroxylation is 2. The molecular weight excluding hydrogens is 259 g/mol. The SMILES string of the molecule is Cc1cc(C)c(C(O)c2cc(Cl)cs2)c(F)c1. The molecule has 1 atom stereocenters. The van der Waals surface area contributed by atoms with E-state index in [4.69, 9.17) is 11.6 Å². The Labute approximate surface area is 108 Å². The van der Waals surface area contributed by atoms with Gasteiger partial charge in [-0.1, -0.05) is 17.7 Å². The number of thiophene rings is 1. The van der Waals surface area contributed by atoms with E-state index in [1.54, 1.807) is 18.4 Å². The molecule has 0 radical (unpaired) electrons. The summed E-state index contributed by atoms with van der Waals surface area (Å²) in [4.78, 5) is 0.654. The van der Waals surface area contributed by atoms with Crippen molar-refractivity contribution in [1.29, 1.82) is 0 Å². The van der Waals surface area contributed by atoms with Crippen molar-refractivity contribution in [3.8, 4) is 0 Å². The number of aliphatic hydroxyl groups is 1. The quantitative estimate of drug-likeness (QED) is 0.865. The van der Waals surface area contributed by atoms with E-state index in [1.165, 1.54) is 17.4 Å². The highest BCUT2D eigenvalue weighted by Crippen LogP contribution is 2.33. The van der Waals surface area contributed by atoms with Gasteiger partial charge in [-0.3, -0.25) is 0 Å². The van der Waals surface area contributed by atoms with Crippen LogP contribution >= 0.6 is 22.9 Å². The van der Waals surface area contributed by atoms with Gasteiger partial charge in [-0.25, -0.2) is 4.39 Å². The van der Waals surface area contributed by atoms with Gasteiger partial charge in [-0.05, 0) is 37.1 Å². The molecule has 90 valence electrons. The first-order valence-electron chi connectivity index (χ1n) is 5.17. The van der Waals surface area contributed by atoms with Crippen molar-refractivity contribution in [2.45, 2.75) is 20.0 Å². The molecule has 0 spiro atoms. The Morgan fingerprint density at radius 1 is 1.29 bits per heavy atom. The topological polar surface area (TPSA) is 20.2 Å². The van der Waals surface area contributed by atoms with Crippen molar-refractivity contribution in [3.05, 3.63) is 56.0 Å². The van der Waals surface area contributed by atoms with Gasteiger partial charge < -0.3 is 5.11 Å². The van der Waals surface area contributed by atoms with Gasteiger partial charge in [0.05, 0.1) is 5.02 Å². The average molecular weight is 271 g/mol. The Kier molecular flexibility index (Phi) is 3.52. The largest absolute Gasteiger partial charge is 0.383 e. The van der Waals surface area contributed by atoms with Crippen LogP contribution in [-0.2, 0) is 0 Å². The molecule has 1 heterocycles. The maximum absolute atomic E-state index is 13.9. The molecule has 4 heteroatoms. The summed E-state index contributed by atoms with van der Waals surface area (Å²) in [5.41, 5.74) is 1.92. The first-order chi connectivity index (χ1) is 7.99. The van der Waals surface area contributed by atoms with Gasteiger partial charge in [0.15, 0.2) is 0 Å². The van der Waals surface area contributed by atoms with Crippen LogP contribution in [0.25, 0.3) is 0 Å². The van der Waals surface area contributed by atoms with Crippen molar-refractivity contribution >= 4 is 22.9 Å². The minimum Gasteiger partial charge on any atom is -0.383 e. The van der Waals surface area contributed by atoms with Crippen LogP contribution in [0.1, 0.15) is 27.7 Å². The van der Waals surface area contributed by atoms with E-state index in [0.29, 0.717) is 15.5 Å². The minimum absolute atomic E-state index is 0.328. The molecule has 1 aromatic heterocycles. The van der Waals surface area contributed by atoms with Crippen LogP contribution in [0.5, 0.6) is 0 Å². The highest BCUT2D eigenvalue weighted by atomic mass is 35.5. The third-order valence-electron chi connectivity index (χ3n) is 2.61. The van der Waals surface area contributed by atoms with Crippen molar-refractivity contribution in [1.82, 2.24) is 0 Å². The number of hydrogen-bond donors (Lipinski definition) is 1. The van der Waals surface area contributed by atoms with Crippen LogP contribution in [0, 0.1) is 19.7 Å². The fourth-order valence-corrected chi connectivity index (χ4v) is 2.96. The Morgan fingerprint density at radius 2 is 2.00 bits per heavy atom. The van der Waals surface area contributed by atoms with Crippen LogP contribution in [0.2, 0.25) is 5.02 Å². The van der Waals surface area contributed by atoms with Crippen molar-refractivity contribution in [2.75, 3.05) is 0 Å². The summed E-state index contributed by atoms with van der Waals surface area (Å²) in [6.07, 6.45) is -0.951. The first-order valence-corrected chi connectivity index (χ1v) is 6.43. The summed E-state index contributed by atoms with van der Waals surface area (Å²) in [6, 6.07) is 4.95. The van der Waals surface area contributed by atoms with E-state index < -0.39 is 6.10 Å². The zero-order valence-corrected chi connectivity index (χ0v) is 11.1. The fourth-order valence-electron chi connectivity index (χ4n) is 1.89. The Morgan fingerprint density at radius 3 is 2.53 bits per heavy atom. The van der Waals surface area contributed by atoms with E-state index >= 15 is 0 Å². The van der Waals surface area contributed by atoms with Crippen molar-refractivity contribution in [2.24, 2.45) is 0 Å². The second-order valence-electron chi connectivity index (χ2n) is 4.05. The highest BCUT2D eigenvalue weighted by Gasteiger charge is 2.19. The smallest absolute Gasteiger partial charge is 0.129 e. The van der Waals surface area contributed by atoms with Crippen LogP contribution < -0.4 is 0 Å². The van der Waals surface area contributed by atoms with Crippen LogP contribution in [0.3, 0.4) is 0 Å². The van der Waals surface area contributed by atoms with Crippen LogP contribution in [0.4, 0.5) is 4.39 Å². The molecule has 1 unspecified atom stereocenters. The number of benzene rings is 1. The number of aliphatic hydroxyl groups excluding tert-OH is 1. The van der Waals surface area contributed by atoms with E-state index in [9.17, 15) is 9.50 Å². The fraction of sp³-hybridized carbons (Fsp3) is 0.231. The number of rotatable bonds is 2. The van der Waals surface area contributed by atoms with Gasteiger partial charge in [0, 0.05) is 15.8 Å². The Bertz CT molecular complexity index is 527. The van der Waals surface area contributed by atoms with E-state index in [1.807, 2.05) is 13.0 Å². The van der Waals surface area contributed by atoms with E-state index in [0.717, 1.165) is 11.1 Å². The lowest BCUT2D eigenvalue weighted by Gasteiger charge is -2.14. The molecule has 2 aromatic rings. The predicted octanol–water partition coefficient (Wildman–Crippen LogP) is 4.24. The molecule has 0 aliphatic carbocycles. The van der Waals surface area contributed by atoms with Gasteiger partial charge in [0.2, 0.25) is 0 Å². The lowest BCUT2D eigenvalue weighted by atomic mass is 9.99. The molecule has 0 bridgehead atoms. The summed E-state index contributed by atoms with van der Waals surface area (Å²) in [7, 11) is 0. The second-order valence-corrected chi connectivity index (χ2v) is 5.43. The van der Waals surface area contributed by atoms with Crippen LogP contribution in [0.15, 0.2) is 23.6 Å². The Hall–Kier alpha value is -0.900. The molecule has 0 aliphatic rings. The molecule has 1 N–H and O–H groups in total. The van der Waals surface area contributed by atoms with E-state index in [2.05, 4.69) is 0 Å². The molecule has 0 saturated carbocycles. The van der Waals surface area contributed by atoms with Crippen molar-refractivity contribution < 1.29 is 9.50 Å². The first kappa shape index (κ1) is 12.6. The number of halogens is 2. The summed E-state index contributed by atoms with van der Waals surface area (Å²) in [6.45, 7) is 3.62. The van der Waals surface area contributed by atoms with Gasteiger partial charge in [-0.15, -0.1) is 11.3 Å². The van der Waals surface area contributed by atoms with Gasteiger partial charge in [0.1, 0.15) is 11.9 Å². The van der Waals surface area contributed by atoms with Gasteiger partial charge >= 0.3 is 0 Å². The predicted molar refractivity (Wildman–Crippen MR) is 69.3 cm³/mol. The van der Waals surface area contributed by atoms with E-state index in [-0.39, 0.29) is 5.82 Å². The zero-order chi connectivity index (χ0) is 12.6. The highest BCUT2D eigenvalue weighted by molar-refractivity contribution is 7.10. The Balaban J connectivity index is 2.47. The summed E-state index contributed by atoms with van der Waals surface area (Å²) >= 11 is 7.13. The summed E-state index contributed by atoms with van der Waals surface area (Å²) < 4.78 is 13.9. The maximum Gasteiger partial charge on any atom is 0.129 e. The molecule has 1 nitrogen and oxygen atoms in total. The standard InChI is InChI=1S/C13H12ClFOS/c1-7-3-8(2)12(10(15)4-7)13(16)11-5-9(14)6-17-11/h3-6,13,16H,1-2H3. The monoisotopic (exact) mass is 270 g/mol. The molecule has 17 heavy (non-hydrogen) atoms. The average Bonchev–Trinajstić information content (AvgIpc) is 2.63. The molecule has 0 aliphatic heterocycles. The summed E-state index contributed by atoms with van der Waals surface area (Å²) in [5.74, 6) is -0.375. The lowest BCUT2D eigenvalue weighted by Crippen LogP contribution is -2.04. The molecule has 1 aromatic carbocycles. The molecule has 0 fully saturated rings. The third-order valence-corrected chi connectivity index (χ3v) is 3.94. The van der Waals surface area contributed by atoms with Crippen LogP contribution in [-0.4, -0.2) is 5.11 Å². The minimum atomic E-state index is -0.951. The normalized spacial score (nSPS) is 12.8. The third kappa shape index (κ3) is 2.51. The zero-order valence-electron chi connectivity index (χ0n) is 9.50. The maximum atomic E-state index is 13.9.